The van der Waals surface area contributed by atoms with Gasteiger partial charge in [0.05, 0.1) is 18.4 Å². The van der Waals surface area contributed by atoms with Crippen LogP contribution in [0.1, 0.15) is 55.5 Å². The minimum absolute atomic E-state index is 0.0261. The Balaban J connectivity index is 1.54. The van der Waals surface area contributed by atoms with Gasteiger partial charge in [0.2, 0.25) is 0 Å². The van der Waals surface area contributed by atoms with Crippen LogP contribution in [0.25, 0.3) is 11.1 Å². The molecule has 1 aliphatic carbocycles. The molecule has 2 saturated heterocycles. The molecule has 0 saturated carbocycles. The van der Waals surface area contributed by atoms with Crippen molar-refractivity contribution < 1.29 is 19.0 Å². The van der Waals surface area contributed by atoms with Crippen LogP contribution in [0, 0.1) is 11.8 Å². The van der Waals surface area contributed by atoms with Gasteiger partial charge in [0.25, 0.3) is 0 Å². The molecule has 7 nitrogen and oxygen atoms in total. The Labute approximate surface area is 207 Å². The smallest absolute Gasteiger partial charge is 0.196 e. The predicted octanol–water partition coefficient (Wildman–Crippen LogP) is 4.02. The number of methoxy groups -OCH3 is 1. The summed E-state index contributed by atoms with van der Waals surface area (Å²) < 4.78 is 18.8. The molecule has 4 atom stereocenters. The monoisotopic (exact) mass is 479 g/mol. The Morgan fingerprint density at radius 3 is 2.09 bits per heavy atom. The van der Waals surface area contributed by atoms with Crippen LogP contribution in [0.3, 0.4) is 0 Å². The maximum Gasteiger partial charge on any atom is 0.196 e. The Hall–Kier alpha value is -2.77. The molecule has 2 aromatic carbocycles. The molecule has 188 valence electrons. The molecule has 0 bridgehead atoms. The number of nitrogens with two attached hydrogens (primary N) is 1. The van der Waals surface area contributed by atoms with Gasteiger partial charge in [-0.05, 0) is 44.8 Å². The summed E-state index contributed by atoms with van der Waals surface area (Å²) in [4.78, 5) is 13.6. The van der Waals surface area contributed by atoms with Gasteiger partial charge in [-0.1, -0.05) is 26.0 Å². The predicted molar refractivity (Wildman–Crippen MR) is 138 cm³/mol. The zero-order chi connectivity index (χ0) is 24.5. The van der Waals surface area contributed by atoms with Crippen molar-refractivity contribution in [2.75, 3.05) is 39.0 Å². The number of carbonyl (C=O) groups is 1. The lowest BCUT2D eigenvalue weighted by Crippen LogP contribution is -2.28. The fraction of sp³-hybridized carbons (Fsp3) is 0.536. The summed E-state index contributed by atoms with van der Waals surface area (Å²) in [5, 5.41) is 6.84. The fourth-order valence-electron chi connectivity index (χ4n) is 5.94. The largest absolute Gasteiger partial charge is 0.496 e. The normalized spacial score (nSPS) is 22.5. The molecule has 0 radical (unpaired) electrons. The SMILES string of the molecule is CCC(Oc1cc(OC)c2c(c1N)C(=O)c1cccc(OC(CC)C3CCNC3)c1-2)C1CCNC1. The lowest BCUT2D eigenvalue weighted by atomic mass is 9.98. The molecule has 0 aromatic heterocycles. The summed E-state index contributed by atoms with van der Waals surface area (Å²) in [6.45, 7) is 8.17. The Morgan fingerprint density at radius 1 is 0.914 bits per heavy atom. The van der Waals surface area contributed by atoms with Crippen LogP contribution in [-0.2, 0) is 0 Å². The quantitative estimate of drug-likeness (QED) is 0.399. The average molecular weight is 480 g/mol. The summed E-state index contributed by atoms with van der Waals surface area (Å²) in [6.07, 6.45) is 4.03. The van der Waals surface area contributed by atoms with Crippen LogP contribution < -0.4 is 30.6 Å². The van der Waals surface area contributed by atoms with E-state index in [4.69, 9.17) is 19.9 Å². The van der Waals surface area contributed by atoms with E-state index < -0.39 is 0 Å². The summed E-state index contributed by atoms with van der Waals surface area (Å²) in [5.74, 6) is 2.58. The highest BCUT2D eigenvalue weighted by Gasteiger charge is 2.38. The number of carbonyl (C=O) groups excluding carboxylic acids is 1. The maximum atomic E-state index is 13.6. The van der Waals surface area contributed by atoms with Crippen molar-refractivity contribution in [3.63, 3.8) is 0 Å². The lowest BCUT2D eigenvalue weighted by molar-refractivity contribution is 0.104. The van der Waals surface area contributed by atoms with Crippen molar-refractivity contribution in [3.05, 3.63) is 35.4 Å². The fourth-order valence-corrected chi connectivity index (χ4v) is 5.94. The highest BCUT2D eigenvalue weighted by Crippen LogP contribution is 2.52. The average Bonchev–Trinajstić information content (AvgIpc) is 3.64. The van der Waals surface area contributed by atoms with E-state index in [1.165, 1.54) is 0 Å². The molecule has 35 heavy (non-hydrogen) atoms. The number of fused-ring (bicyclic) bond motifs is 3. The van der Waals surface area contributed by atoms with E-state index in [2.05, 4.69) is 24.5 Å². The van der Waals surface area contributed by atoms with Crippen LogP contribution in [0.5, 0.6) is 17.2 Å². The molecule has 4 unspecified atom stereocenters. The number of benzene rings is 2. The molecule has 2 aromatic rings. The third-order valence-electron chi connectivity index (χ3n) is 7.87. The third kappa shape index (κ3) is 4.25. The van der Waals surface area contributed by atoms with Crippen molar-refractivity contribution in [3.8, 4) is 28.4 Å². The lowest BCUT2D eigenvalue weighted by Gasteiger charge is -2.26. The molecular weight excluding hydrogens is 442 g/mol. The van der Waals surface area contributed by atoms with Crippen molar-refractivity contribution in [2.45, 2.75) is 51.7 Å². The zero-order valence-corrected chi connectivity index (χ0v) is 21.0. The van der Waals surface area contributed by atoms with Gasteiger partial charge in [-0.2, -0.15) is 0 Å². The summed E-state index contributed by atoms with van der Waals surface area (Å²) in [7, 11) is 1.62. The first-order valence-electron chi connectivity index (χ1n) is 13.0. The minimum Gasteiger partial charge on any atom is -0.496 e. The number of rotatable bonds is 9. The standard InChI is InChI=1S/C28H37N3O4/c1-4-19(16-9-11-30-14-16)34-21-8-6-7-18-24(21)25-22(33-3)13-23(27(29)26(25)28(18)32)35-20(5-2)17-10-12-31-15-17/h6-8,13,16-17,19-20,30-31H,4-5,9-12,14-15,29H2,1-3H3. The van der Waals surface area contributed by atoms with Crippen LogP contribution in [0.15, 0.2) is 24.3 Å². The van der Waals surface area contributed by atoms with Crippen molar-refractivity contribution in [1.29, 1.82) is 0 Å². The maximum absolute atomic E-state index is 13.6. The van der Waals surface area contributed by atoms with E-state index in [0.29, 0.717) is 51.5 Å². The Bertz CT molecular complexity index is 1090. The van der Waals surface area contributed by atoms with Crippen molar-refractivity contribution >= 4 is 11.5 Å². The second-order valence-electron chi connectivity index (χ2n) is 9.88. The van der Waals surface area contributed by atoms with Crippen LogP contribution in [-0.4, -0.2) is 51.3 Å². The Kier molecular flexibility index (Phi) is 6.89. The van der Waals surface area contributed by atoms with Crippen molar-refractivity contribution in [1.82, 2.24) is 10.6 Å². The highest BCUT2D eigenvalue weighted by molar-refractivity contribution is 6.26. The van der Waals surface area contributed by atoms with Gasteiger partial charge in [0, 0.05) is 47.7 Å². The summed E-state index contributed by atoms with van der Waals surface area (Å²) in [6, 6.07) is 7.53. The summed E-state index contributed by atoms with van der Waals surface area (Å²) >= 11 is 0. The topological polar surface area (TPSA) is 94.8 Å². The second-order valence-corrected chi connectivity index (χ2v) is 9.88. The number of anilines is 1. The molecule has 4 N–H and O–H groups in total. The third-order valence-corrected chi connectivity index (χ3v) is 7.87. The van der Waals surface area contributed by atoms with Crippen LogP contribution >= 0.6 is 0 Å². The number of ether oxygens (including phenoxy) is 3. The van der Waals surface area contributed by atoms with Crippen molar-refractivity contribution in [2.24, 2.45) is 11.8 Å². The molecule has 0 amide bonds. The van der Waals surface area contributed by atoms with E-state index in [0.717, 1.165) is 57.4 Å². The number of nitrogen functional groups attached to an aromatic ring is 1. The molecule has 2 fully saturated rings. The van der Waals surface area contributed by atoms with E-state index in [1.54, 1.807) is 7.11 Å². The Morgan fingerprint density at radius 2 is 1.54 bits per heavy atom. The number of hydrogen-bond acceptors (Lipinski definition) is 7. The van der Waals surface area contributed by atoms with Gasteiger partial charge in [-0.3, -0.25) is 4.79 Å². The molecule has 2 aliphatic heterocycles. The van der Waals surface area contributed by atoms with Gasteiger partial charge >= 0.3 is 0 Å². The second kappa shape index (κ2) is 10.1. The minimum atomic E-state index is -0.104. The van der Waals surface area contributed by atoms with Crippen LogP contribution in [0.4, 0.5) is 5.69 Å². The molecular formula is C28H37N3O4. The first-order valence-corrected chi connectivity index (χ1v) is 13.0. The molecule has 0 spiro atoms. The van der Waals surface area contributed by atoms with Gasteiger partial charge in [-0.15, -0.1) is 0 Å². The van der Waals surface area contributed by atoms with Gasteiger partial charge in [0.1, 0.15) is 29.5 Å². The molecule has 5 rings (SSSR count). The van der Waals surface area contributed by atoms with Crippen LogP contribution in [0.2, 0.25) is 0 Å². The zero-order valence-electron chi connectivity index (χ0n) is 21.0. The van der Waals surface area contributed by atoms with Gasteiger partial charge < -0.3 is 30.6 Å². The highest BCUT2D eigenvalue weighted by atomic mass is 16.5. The van der Waals surface area contributed by atoms with E-state index in [1.807, 2.05) is 24.3 Å². The number of nitrogens with one attached hydrogen (secondary N) is 2. The van der Waals surface area contributed by atoms with E-state index >= 15 is 0 Å². The number of ketones is 1. The molecule has 3 aliphatic rings. The first kappa shape index (κ1) is 23.9. The molecule has 2 heterocycles. The van der Waals surface area contributed by atoms with E-state index in [-0.39, 0.29) is 18.0 Å². The molecule has 7 heteroatoms. The number of hydrogen-bond donors (Lipinski definition) is 3. The van der Waals surface area contributed by atoms with Gasteiger partial charge in [-0.25, -0.2) is 0 Å². The van der Waals surface area contributed by atoms with Gasteiger partial charge in [0.15, 0.2) is 5.78 Å². The summed E-state index contributed by atoms with van der Waals surface area (Å²) in [5.41, 5.74) is 9.57. The van der Waals surface area contributed by atoms with E-state index in [9.17, 15) is 4.79 Å². The first-order chi connectivity index (χ1) is 17.1.